The third-order valence-corrected chi connectivity index (χ3v) is 6.97. The number of hydrogen-bond donors (Lipinski definition) is 0. The second-order valence-corrected chi connectivity index (χ2v) is 8.42. The van der Waals surface area contributed by atoms with Crippen LogP contribution in [-0.2, 0) is 23.2 Å². The van der Waals surface area contributed by atoms with Gasteiger partial charge < -0.3 is 0 Å². The van der Waals surface area contributed by atoms with Crippen LogP contribution in [0.5, 0.6) is 0 Å². The normalized spacial score (nSPS) is 26.5. The molecule has 2 aromatic carbocycles. The maximum atomic E-state index is 12.6. The smallest absolute Gasteiger partial charge is 0.136 e. The van der Waals surface area contributed by atoms with Crippen molar-refractivity contribution in [1.29, 1.82) is 0 Å². The maximum absolute atomic E-state index is 12.6. The van der Waals surface area contributed by atoms with Gasteiger partial charge in [-0.1, -0.05) is 67.6 Å². The van der Waals surface area contributed by atoms with Crippen molar-refractivity contribution in [2.45, 2.75) is 44.6 Å². The van der Waals surface area contributed by atoms with Crippen molar-refractivity contribution in [3.63, 3.8) is 0 Å². The first-order valence-corrected chi connectivity index (χ1v) is 10.4. The number of nitrogens with zero attached hydrogens (tertiary/aromatic N) is 2. The molecule has 0 saturated heterocycles. The molecule has 0 aliphatic heterocycles. The number of fused-ring (bicyclic) bond motifs is 3. The minimum atomic E-state index is -0.135. The number of carbonyl (C=O) groups excluding carboxylic acids is 1. The summed E-state index contributed by atoms with van der Waals surface area (Å²) < 4.78 is 2.11. The van der Waals surface area contributed by atoms with Crippen molar-refractivity contribution in [3.8, 4) is 0 Å². The van der Waals surface area contributed by atoms with E-state index in [-0.39, 0.29) is 11.3 Å². The lowest BCUT2D eigenvalue weighted by molar-refractivity contribution is -0.128. The van der Waals surface area contributed by atoms with Crippen LogP contribution in [0, 0.1) is 11.8 Å². The van der Waals surface area contributed by atoms with Gasteiger partial charge in [0.15, 0.2) is 0 Å². The lowest BCUT2D eigenvalue weighted by Gasteiger charge is -2.49. The Bertz CT molecular complexity index is 992. The van der Waals surface area contributed by atoms with Gasteiger partial charge in [-0.25, -0.2) is 0 Å². The number of carbonyl (C=O) groups is 1. The van der Waals surface area contributed by atoms with Crippen LogP contribution in [0.15, 0.2) is 66.9 Å². The Hall–Kier alpha value is -2.68. The fraction of sp³-hybridized carbons (Fsp3) is 0.360. The number of Topliss-reactive ketones (excluding diaryl/α,β-unsaturated/α-hetero) is 1. The Kier molecular flexibility index (Phi) is 4.19. The molecule has 3 heteroatoms. The molecule has 3 aromatic rings. The van der Waals surface area contributed by atoms with Crippen molar-refractivity contribution in [2.75, 3.05) is 0 Å². The average Bonchev–Trinajstić information content (AvgIpc) is 3.15. The van der Waals surface area contributed by atoms with E-state index in [1.165, 1.54) is 22.4 Å². The zero-order valence-corrected chi connectivity index (χ0v) is 16.3. The SMILES string of the molecule is C[C@@H]1C(=O)CC[C@]2(c3ccccc3)c3nn(Cc4ccccc4)cc3CC[C@@H]12. The molecule has 0 bridgehead atoms. The van der Waals surface area contributed by atoms with Crippen molar-refractivity contribution >= 4 is 5.78 Å². The van der Waals surface area contributed by atoms with Gasteiger partial charge >= 0.3 is 0 Å². The van der Waals surface area contributed by atoms with E-state index in [9.17, 15) is 4.79 Å². The lowest BCUT2D eigenvalue weighted by Crippen LogP contribution is -2.49. The Morgan fingerprint density at radius 1 is 1.04 bits per heavy atom. The van der Waals surface area contributed by atoms with Crippen LogP contribution in [0.2, 0.25) is 0 Å². The summed E-state index contributed by atoms with van der Waals surface area (Å²) in [5, 5.41) is 5.14. The van der Waals surface area contributed by atoms with Crippen molar-refractivity contribution in [2.24, 2.45) is 11.8 Å². The molecule has 0 spiro atoms. The predicted molar refractivity (Wildman–Crippen MR) is 110 cm³/mol. The summed E-state index contributed by atoms with van der Waals surface area (Å²) in [5.41, 5.74) is 5.03. The first-order valence-electron chi connectivity index (χ1n) is 10.4. The second-order valence-electron chi connectivity index (χ2n) is 8.42. The van der Waals surface area contributed by atoms with Crippen LogP contribution in [0.4, 0.5) is 0 Å². The van der Waals surface area contributed by atoms with Gasteiger partial charge in [0.2, 0.25) is 0 Å². The molecule has 3 atom stereocenters. The third kappa shape index (κ3) is 2.64. The van der Waals surface area contributed by atoms with E-state index in [1.807, 2.05) is 6.07 Å². The van der Waals surface area contributed by atoms with Crippen LogP contribution < -0.4 is 0 Å². The van der Waals surface area contributed by atoms with Gasteiger partial charge in [0.1, 0.15) is 5.78 Å². The summed E-state index contributed by atoms with van der Waals surface area (Å²) in [6.07, 6.45) is 5.84. The quantitative estimate of drug-likeness (QED) is 0.665. The van der Waals surface area contributed by atoms with Crippen LogP contribution in [0.25, 0.3) is 0 Å². The van der Waals surface area contributed by atoms with Crippen molar-refractivity contribution in [3.05, 3.63) is 89.2 Å². The average molecular weight is 370 g/mol. The van der Waals surface area contributed by atoms with Gasteiger partial charge in [-0.3, -0.25) is 9.48 Å². The van der Waals surface area contributed by atoms with E-state index in [2.05, 4.69) is 72.4 Å². The monoisotopic (exact) mass is 370 g/mol. The molecular formula is C25H26N2O. The molecule has 28 heavy (non-hydrogen) atoms. The number of aromatic nitrogens is 2. The highest BCUT2D eigenvalue weighted by Crippen LogP contribution is 2.54. The lowest BCUT2D eigenvalue weighted by atomic mass is 9.53. The number of rotatable bonds is 3. The Balaban J connectivity index is 1.63. The molecule has 1 heterocycles. The van der Waals surface area contributed by atoms with Crippen LogP contribution in [-0.4, -0.2) is 15.6 Å². The number of benzene rings is 2. The molecule has 1 aromatic heterocycles. The largest absolute Gasteiger partial charge is 0.299 e. The second kappa shape index (κ2) is 6.73. The highest BCUT2D eigenvalue weighted by atomic mass is 16.1. The summed E-state index contributed by atoms with van der Waals surface area (Å²) in [4.78, 5) is 12.6. The highest BCUT2D eigenvalue weighted by molar-refractivity contribution is 5.83. The van der Waals surface area contributed by atoms with E-state index in [0.29, 0.717) is 18.1 Å². The first-order chi connectivity index (χ1) is 13.7. The van der Waals surface area contributed by atoms with Gasteiger partial charge in [-0.2, -0.15) is 5.10 Å². The summed E-state index contributed by atoms with van der Waals surface area (Å²) in [7, 11) is 0. The van der Waals surface area contributed by atoms with Crippen LogP contribution in [0.3, 0.4) is 0 Å². The molecule has 3 nitrogen and oxygen atoms in total. The fourth-order valence-electron chi connectivity index (χ4n) is 5.59. The van der Waals surface area contributed by atoms with Gasteiger partial charge in [0, 0.05) is 24.0 Å². The van der Waals surface area contributed by atoms with Gasteiger partial charge in [0.05, 0.1) is 12.2 Å². The Morgan fingerprint density at radius 2 is 1.75 bits per heavy atom. The number of ketones is 1. The molecular weight excluding hydrogens is 344 g/mol. The summed E-state index contributed by atoms with van der Waals surface area (Å²) >= 11 is 0. The van der Waals surface area contributed by atoms with Crippen LogP contribution in [0.1, 0.15) is 48.6 Å². The molecule has 1 fully saturated rings. The van der Waals surface area contributed by atoms with E-state index in [0.717, 1.165) is 25.8 Å². The van der Waals surface area contributed by atoms with Crippen molar-refractivity contribution < 1.29 is 4.79 Å². The van der Waals surface area contributed by atoms with E-state index >= 15 is 0 Å². The summed E-state index contributed by atoms with van der Waals surface area (Å²) in [6.45, 7) is 2.92. The topological polar surface area (TPSA) is 34.9 Å². The highest BCUT2D eigenvalue weighted by Gasteiger charge is 2.53. The Labute approximate surface area is 166 Å². The molecule has 2 aliphatic rings. The molecule has 0 N–H and O–H groups in total. The predicted octanol–water partition coefficient (Wildman–Crippen LogP) is 4.78. The number of aryl methyl sites for hydroxylation is 1. The third-order valence-electron chi connectivity index (χ3n) is 6.97. The molecule has 2 aliphatic carbocycles. The van der Waals surface area contributed by atoms with Crippen LogP contribution >= 0.6 is 0 Å². The zero-order chi connectivity index (χ0) is 19.1. The Morgan fingerprint density at radius 3 is 2.50 bits per heavy atom. The van der Waals surface area contributed by atoms with Gasteiger partial charge in [-0.05, 0) is 41.9 Å². The summed E-state index contributed by atoms with van der Waals surface area (Å²) in [5.74, 6) is 0.855. The zero-order valence-electron chi connectivity index (χ0n) is 16.3. The number of hydrogen-bond acceptors (Lipinski definition) is 2. The van der Waals surface area contributed by atoms with Gasteiger partial charge in [0.25, 0.3) is 0 Å². The molecule has 142 valence electrons. The molecule has 0 radical (unpaired) electrons. The van der Waals surface area contributed by atoms with E-state index < -0.39 is 0 Å². The molecule has 0 unspecified atom stereocenters. The minimum Gasteiger partial charge on any atom is -0.299 e. The molecule has 0 amide bonds. The maximum Gasteiger partial charge on any atom is 0.136 e. The summed E-state index contributed by atoms with van der Waals surface area (Å²) in [6, 6.07) is 21.3. The van der Waals surface area contributed by atoms with Crippen molar-refractivity contribution in [1.82, 2.24) is 9.78 Å². The molecule has 5 rings (SSSR count). The first kappa shape index (κ1) is 17.4. The van der Waals surface area contributed by atoms with E-state index in [1.54, 1.807) is 0 Å². The van der Waals surface area contributed by atoms with E-state index in [4.69, 9.17) is 5.10 Å². The fourth-order valence-corrected chi connectivity index (χ4v) is 5.59. The standard InChI is InChI=1S/C25H26N2O/c1-18-22-13-12-20-17-27(16-19-8-4-2-5-9-19)26-24(20)25(22,15-14-23(18)28)21-10-6-3-7-11-21/h2-11,17-18,22H,12-16H2,1H3/t18-,22-,25+/m0/s1. The van der Waals surface area contributed by atoms with Gasteiger partial charge in [-0.15, -0.1) is 0 Å². The molecule has 1 saturated carbocycles. The minimum absolute atomic E-state index is 0.0985.